The lowest BCUT2D eigenvalue weighted by molar-refractivity contribution is 0.568. The van der Waals surface area contributed by atoms with E-state index in [0.29, 0.717) is 5.56 Å². The minimum absolute atomic E-state index is 0.0103. The number of rotatable bonds is 9. The SMILES string of the molecule is CCCCCCCc1ccc(/C=N/N=C/c2cc(F)c(C)c(F)c2)cc1. The first-order valence-electron chi connectivity index (χ1n) is 9.21. The van der Waals surface area contributed by atoms with Crippen LogP contribution in [0.25, 0.3) is 0 Å². The molecule has 138 valence electrons. The highest BCUT2D eigenvalue weighted by atomic mass is 19.1. The molecule has 0 aliphatic rings. The van der Waals surface area contributed by atoms with Gasteiger partial charge in [-0.25, -0.2) is 8.78 Å². The fourth-order valence-electron chi connectivity index (χ4n) is 2.64. The molecule has 0 aliphatic heterocycles. The molecular weight excluding hydrogens is 330 g/mol. The number of nitrogens with zero attached hydrogens (tertiary/aromatic N) is 2. The van der Waals surface area contributed by atoms with E-state index in [1.807, 2.05) is 12.1 Å². The maximum Gasteiger partial charge on any atom is 0.129 e. The number of aryl methyl sites for hydroxylation is 1. The monoisotopic (exact) mass is 356 g/mol. The largest absolute Gasteiger partial charge is 0.207 e. The van der Waals surface area contributed by atoms with E-state index in [4.69, 9.17) is 0 Å². The normalized spacial score (nSPS) is 11.7. The zero-order valence-electron chi connectivity index (χ0n) is 15.5. The first kappa shape index (κ1) is 20.0. The van der Waals surface area contributed by atoms with Gasteiger partial charge in [0.1, 0.15) is 11.6 Å². The summed E-state index contributed by atoms with van der Waals surface area (Å²) in [4.78, 5) is 0. The lowest BCUT2D eigenvalue weighted by atomic mass is 10.0. The van der Waals surface area contributed by atoms with Gasteiger partial charge in [-0.15, -0.1) is 0 Å². The van der Waals surface area contributed by atoms with Crippen LogP contribution in [0, 0.1) is 18.6 Å². The van der Waals surface area contributed by atoms with E-state index in [1.54, 1.807) is 6.21 Å². The smallest absolute Gasteiger partial charge is 0.129 e. The van der Waals surface area contributed by atoms with Crippen molar-refractivity contribution in [2.75, 3.05) is 0 Å². The van der Waals surface area contributed by atoms with Gasteiger partial charge in [-0.1, -0.05) is 56.9 Å². The van der Waals surface area contributed by atoms with Gasteiger partial charge >= 0.3 is 0 Å². The molecule has 2 aromatic carbocycles. The molecular formula is C22H26F2N2. The third-order valence-corrected chi connectivity index (χ3v) is 4.33. The fourth-order valence-corrected chi connectivity index (χ4v) is 2.64. The summed E-state index contributed by atoms with van der Waals surface area (Å²) in [5, 5.41) is 7.80. The van der Waals surface area contributed by atoms with Crippen molar-refractivity contribution in [1.82, 2.24) is 0 Å². The third-order valence-electron chi connectivity index (χ3n) is 4.33. The van der Waals surface area contributed by atoms with Gasteiger partial charge in [0.15, 0.2) is 0 Å². The Balaban J connectivity index is 1.84. The molecule has 2 nitrogen and oxygen atoms in total. The summed E-state index contributed by atoms with van der Waals surface area (Å²) in [5.74, 6) is -1.17. The highest BCUT2D eigenvalue weighted by molar-refractivity contribution is 5.82. The van der Waals surface area contributed by atoms with Crippen molar-refractivity contribution in [2.45, 2.75) is 52.4 Å². The van der Waals surface area contributed by atoms with Crippen LogP contribution in [-0.4, -0.2) is 12.4 Å². The van der Waals surface area contributed by atoms with E-state index < -0.39 is 11.6 Å². The number of hydrogen-bond acceptors (Lipinski definition) is 2. The summed E-state index contributed by atoms with van der Waals surface area (Å²) in [7, 11) is 0. The maximum absolute atomic E-state index is 13.5. The summed E-state index contributed by atoms with van der Waals surface area (Å²) in [6, 6.07) is 10.7. The molecule has 0 N–H and O–H groups in total. The van der Waals surface area contributed by atoms with E-state index in [9.17, 15) is 8.78 Å². The van der Waals surface area contributed by atoms with Gasteiger partial charge in [0.25, 0.3) is 0 Å². The van der Waals surface area contributed by atoms with Gasteiger partial charge in [0.2, 0.25) is 0 Å². The second-order valence-corrected chi connectivity index (χ2v) is 6.50. The van der Waals surface area contributed by atoms with E-state index in [-0.39, 0.29) is 5.56 Å². The number of unbranched alkanes of at least 4 members (excludes halogenated alkanes) is 4. The van der Waals surface area contributed by atoms with Crippen LogP contribution < -0.4 is 0 Å². The predicted molar refractivity (Wildman–Crippen MR) is 105 cm³/mol. The summed E-state index contributed by atoms with van der Waals surface area (Å²) < 4.78 is 26.9. The lowest BCUT2D eigenvalue weighted by Gasteiger charge is -2.02. The molecule has 0 aromatic heterocycles. The number of benzene rings is 2. The summed E-state index contributed by atoms with van der Waals surface area (Å²) in [6.07, 6.45) is 10.5. The highest BCUT2D eigenvalue weighted by Crippen LogP contribution is 2.13. The molecule has 0 fully saturated rings. The van der Waals surface area contributed by atoms with Crippen molar-refractivity contribution in [1.29, 1.82) is 0 Å². The minimum atomic E-state index is -0.583. The first-order valence-corrected chi connectivity index (χ1v) is 9.21. The predicted octanol–water partition coefficient (Wildman–Crippen LogP) is 6.24. The Bertz CT molecular complexity index is 726. The van der Waals surface area contributed by atoms with Crippen molar-refractivity contribution < 1.29 is 8.78 Å². The van der Waals surface area contributed by atoms with Crippen molar-refractivity contribution in [3.63, 3.8) is 0 Å². The average molecular weight is 356 g/mol. The molecule has 0 saturated heterocycles. The topological polar surface area (TPSA) is 24.7 Å². The Kier molecular flexibility index (Phi) is 8.13. The average Bonchev–Trinajstić information content (AvgIpc) is 2.64. The third kappa shape index (κ3) is 6.51. The van der Waals surface area contributed by atoms with Gasteiger partial charge in [-0.3, -0.25) is 0 Å². The van der Waals surface area contributed by atoms with E-state index in [1.165, 1.54) is 62.9 Å². The van der Waals surface area contributed by atoms with Crippen LogP contribution in [0.15, 0.2) is 46.6 Å². The molecule has 4 heteroatoms. The summed E-state index contributed by atoms with van der Waals surface area (Å²) in [6.45, 7) is 3.63. The van der Waals surface area contributed by atoms with Crippen molar-refractivity contribution in [3.05, 3.63) is 70.3 Å². The molecule has 0 spiro atoms. The van der Waals surface area contributed by atoms with Gasteiger partial charge in [-0.05, 0) is 43.0 Å². The van der Waals surface area contributed by atoms with Crippen molar-refractivity contribution in [3.8, 4) is 0 Å². The van der Waals surface area contributed by atoms with Crippen molar-refractivity contribution >= 4 is 12.4 Å². The zero-order chi connectivity index (χ0) is 18.8. The zero-order valence-corrected chi connectivity index (χ0v) is 15.5. The Hall–Kier alpha value is -2.36. The van der Waals surface area contributed by atoms with Gasteiger partial charge < -0.3 is 0 Å². The highest BCUT2D eigenvalue weighted by Gasteiger charge is 2.05. The van der Waals surface area contributed by atoms with Crippen LogP contribution in [0.3, 0.4) is 0 Å². The Morgan fingerprint density at radius 2 is 1.38 bits per heavy atom. The van der Waals surface area contributed by atoms with E-state index in [2.05, 4.69) is 29.3 Å². The minimum Gasteiger partial charge on any atom is -0.207 e. The van der Waals surface area contributed by atoms with Crippen LogP contribution in [0.4, 0.5) is 8.78 Å². The Labute approximate surface area is 154 Å². The number of hydrogen-bond donors (Lipinski definition) is 0. The Morgan fingerprint density at radius 3 is 2.00 bits per heavy atom. The quantitative estimate of drug-likeness (QED) is 0.289. The fraction of sp³-hybridized carbons (Fsp3) is 0.364. The molecule has 0 radical (unpaired) electrons. The van der Waals surface area contributed by atoms with Crippen LogP contribution in [0.1, 0.15) is 61.3 Å². The number of halogens is 2. The molecule has 2 aromatic rings. The van der Waals surface area contributed by atoms with Crippen LogP contribution in [0.5, 0.6) is 0 Å². The molecule has 0 atom stereocenters. The molecule has 2 rings (SSSR count). The molecule has 0 unspecified atom stereocenters. The van der Waals surface area contributed by atoms with Crippen molar-refractivity contribution in [2.24, 2.45) is 10.2 Å². The van der Waals surface area contributed by atoms with Gasteiger partial charge in [0.05, 0.1) is 12.4 Å². The second-order valence-electron chi connectivity index (χ2n) is 6.50. The molecule has 26 heavy (non-hydrogen) atoms. The molecule has 0 bridgehead atoms. The van der Waals surface area contributed by atoms with Gasteiger partial charge in [-0.2, -0.15) is 10.2 Å². The standard InChI is InChI=1S/C22H26F2N2/c1-3-4-5-6-7-8-18-9-11-19(12-10-18)15-25-26-16-20-13-21(23)17(2)22(24)14-20/h9-16H,3-8H2,1-2H3/b25-15+,26-16+. The summed E-state index contributed by atoms with van der Waals surface area (Å²) >= 11 is 0. The first-order chi connectivity index (χ1) is 12.6. The van der Waals surface area contributed by atoms with Gasteiger partial charge in [0, 0.05) is 11.1 Å². The summed E-state index contributed by atoms with van der Waals surface area (Å²) in [5.41, 5.74) is 2.63. The maximum atomic E-state index is 13.5. The van der Waals surface area contributed by atoms with Crippen LogP contribution in [0.2, 0.25) is 0 Å². The molecule has 0 heterocycles. The van der Waals surface area contributed by atoms with Crippen LogP contribution in [-0.2, 0) is 6.42 Å². The Morgan fingerprint density at radius 1 is 0.808 bits per heavy atom. The molecule has 0 amide bonds. The van der Waals surface area contributed by atoms with E-state index in [0.717, 1.165) is 12.0 Å². The van der Waals surface area contributed by atoms with Crippen LogP contribution >= 0.6 is 0 Å². The van der Waals surface area contributed by atoms with E-state index >= 15 is 0 Å². The molecule has 0 saturated carbocycles. The second kappa shape index (κ2) is 10.6. The lowest BCUT2D eigenvalue weighted by Crippen LogP contribution is -1.92. The molecule has 0 aliphatic carbocycles.